The maximum absolute atomic E-state index is 12.1. The molecule has 8 nitrogen and oxygen atoms in total. The third-order valence-electron chi connectivity index (χ3n) is 3.52. The molecule has 1 aromatic heterocycles. The monoisotopic (exact) mass is 347 g/mol. The fraction of sp³-hybridized carbons (Fsp3) is 0.353. The fourth-order valence-electron chi connectivity index (χ4n) is 2.30. The highest BCUT2D eigenvalue weighted by molar-refractivity contribution is 5.95. The summed E-state index contributed by atoms with van der Waals surface area (Å²) >= 11 is 0. The molecule has 134 valence electrons. The van der Waals surface area contributed by atoms with Gasteiger partial charge in [-0.1, -0.05) is 5.16 Å². The zero-order valence-electron chi connectivity index (χ0n) is 14.7. The number of hydrogen-bond donors (Lipinski definition) is 1. The van der Waals surface area contributed by atoms with E-state index in [9.17, 15) is 9.59 Å². The lowest BCUT2D eigenvalue weighted by molar-refractivity contribution is -0.117. The highest BCUT2D eigenvalue weighted by Gasteiger charge is 2.18. The van der Waals surface area contributed by atoms with Gasteiger partial charge in [-0.15, -0.1) is 0 Å². The lowest BCUT2D eigenvalue weighted by Gasteiger charge is -2.23. The summed E-state index contributed by atoms with van der Waals surface area (Å²) < 4.78 is 15.4. The van der Waals surface area contributed by atoms with Gasteiger partial charge in [0, 0.05) is 32.0 Å². The van der Waals surface area contributed by atoms with Crippen LogP contribution in [0.1, 0.15) is 19.1 Å². The number of nitrogens with one attached hydrogen (secondary N) is 1. The molecule has 2 amide bonds. The van der Waals surface area contributed by atoms with Crippen molar-refractivity contribution in [2.45, 2.75) is 20.3 Å². The molecule has 0 fully saturated rings. The maximum atomic E-state index is 12.1. The lowest BCUT2D eigenvalue weighted by Crippen LogP contribution is -2.32. The number of rotatable bonds is 7. The Morgan fingerprint density at radius 3 is 2.56 bits per heavy atom. The predicted molar refractivity (Wildman–Crippen MR) is 92.1 cm³/mol. The third kappa shape index (κ3) is 4.72. The molecule has 0 saturated carbocycles. The van der Waals surface area contributed by atoms with Crippen molar-refractivity contribution in [1.29, 1.82) is 0 Å². The van der Waals surface area contributed by atoms with Crippen LogP contribution in [0.25, 0.3) is 0 Å². The molecule has 0 unspecified atom stereocenters. The van der Waals surface area contributed by atoms with E-state index in [1.54, 1.807) is 38.3 Å². The molecule has 0 aliphatic rings. The summed E-state index contributed by atoms with van der Waals surface area (Å²) in [7, 11) is 3.06. The van der Waals surface area contributed by atoms with Crippen molar-refractivity contribution in [2.24, 2.45) is 0 Å². The summed E-state index contributed by atoms with van der Waals surface area (Å²) in [4.78, 5) is 25.6. The number of aromatic nitrogens is 1. The molecule has 0 atom stereocenters. The Balaban J connectivity index is 2.08. The zero-order chi connectivity index (χ0) is 18.4. The molecule has 0 spiro atoms. The molecule has 2 aromatic rings. The van der Waals surface area contributed by atoms with Crippen LogP contribution in [-0.2, 0) is 9.59 Å². The van der Waals surface area contributed by atoms with E-state index in [2.05, 4.69) is 10.5 Å². The topological polar surface area (TPSA) is 93.9 Å². The molecular formula is C17H21N3O5. The van der Waals surface area contributed by atoms with Crippen LogP contribution in [0.2, 0.25) is 0 Å². The minimum Gasteiger partial charge on any atom is -0.497 e. The van der Waals surface area contributed by atoms with Crippen molar-refractivity contribution < 1.29 is 23.6 Å². The number of nitrogens with zero attached hydrogens (tertiary/aromatic N) is 2. The Morgan fingerprint density at radius 2 is 2.00 bits per heavy atom. The Bertz CT molecular complexity index is 756. The molecule has 1 heterocycles. The number of benzene rings is 1. The van der Waals surface area contributed by atoms with Crippen molar-refractivity contribution in [3.05, 3.63) is 30.0 Å². The van der Waals surface area contributed by atoms with Gasteiger partial charge >= 0.3 is 0 Å². The summed E-state index contributed by atoms with van der Waals surface area (Å²) in [5.41, 5.74) is 0.570. The number of carbonyl (C=O) groups is 2. The first-order chi connectivity index (χ1) is 11.9. The van der Waals surface area contributed by atoms with E-state index in [0.717, 1.165) is 0 Å². The summed E-state index contributed by atoms with van der Waals surface area (Å²) in [5.74, 6) is 1.58. The van der Waals surface area contributed by atoms with E-state index in [-0.39, 0.29) is 24.8 Å². The minimum absolute atomic E-state index is 0.0979. The van der Waals surface area contributed by atoms with Gasteiger partial charge in [0.2, 0.25) is 11.8 Å². The minimum atomic E-state index is -0.271. The molecule has 2 rings (SSSR count). The van der Waals surface area contributed by atoms with Gasteiger partial charge in [-0.2, -0.15) is 0 Å². The Labute approximate surface area is 145 Å². The van der Waals surface area contributed by atoms with Gasteiger partial charge in [-0.3, -0.25) is 9.59 Å². The van der Waals surface area contributed by atoms with Crippen molar-refractivity contribution >= 4 is 23.3 Å². The third-order valence-corrected chi connectivity index (χ3v) is 3.52. The molecule has 0 aliphatic heterocycles. The van der Waals surface area contributed by atoms with Gasteiger partial charge < -0.3 is 24.2 Å². The first kappa shape index (κ1) is 18.3. The fourth-order valence-corrected chi connectivity index (χ4v) is 2.30. The van der Waals surface area contributed by atoms with Crippen molar-refractivity contribution in [1.82, 2.24) is 5.16 Å². The normalized spacial score (nSPS) is 10.2. The molecule has 0 aliphatic carbocycles. The number of ether oxygens (including phenoxy) is 2. The van der Waals surface area contributed by atoms with Crippen LogP contribution in [-0.4, -0.2) is 37.7 Å². The Morgan fingerprint density at radius 1 is 1.24 bits per heavy atom. The number of amides is 2. The highest BCUT2D eigenvalue weighted by Crippen LogP contribution is 2.32. The molecule has 0 saturated heterocycles. The number of carbonyl (C=O) groups excluding carboxylic acids is 2. The SMILES string of the molecule is COc1ccc(N(CCC(=O)Nc2cc(C)on2)C(C)=O)c(OC)c1. The second kappa shape index (κ2) is 8.18. The number of anilines is 2. The second-order valence-corrected chi connectivity index (χ2v) is 5.33. The lowest BCUT2D eigenvalue weighted by atomic mass is 10.2. The van der Waals surface area contributed by atoms with Gasteiger partial charge in [0.1, 0.15) is 17.3 Å². The van der Waals surface area contributed by atoms with Crippen LogP contribution in [0.5, 0.6) is 11.5 Å². The summed E-state index contributed by atoms with van der Waals surface area (Å²) in [6.07, 6.45) is 0.0979. The Hall–Kier alpha value is -3.03. The summed E-state index contributed by atoms with van der Waals surface area (Å²) in [5, 5.41) is 6.32. The van der Waals surface area contributed by atoms with Gasteiger partial charge in [0.05, 0.1) is 19.9 Å². The average Bonchev–Trinajstić information content (AvgIpc) is 2.99. The van der Waals surface area contributed by atoms with E-state index in [0.29, 0.717) is 28.8 Å². The van der Waals surface area contributed by atoms with Crippen molar-refractivity contribution in [3.8, 4) is 11.5 Å². The maximum Gasteiger partial charge on any atom is 0.227 e. The highest BCUT2D eigenvalue weighted by atomic mass is 16.5. The standard InChI is InChI=1S/C17H21N3O5/c1-11-9-16(19-25-11)18-17(22)7-8-20(12(2)21)14-6-5-13(23-3)10-15(14)24-4/h5-6,9-10H,7-8H2,1-4H3,(H,18,19,22). The summed E-state index contributed by atoms with van der Waals surface area (Å²) in [6, 6.07) is 6.75. The van der Waals surface area contributed by atoms with E-state index >= 15 is 0 Å². The van der Waals surface area contributed by atoms with Gasteiger partial charge in [0.15, 0.2) is 5.82 Å². The smallest absolute Gasteiger partial charge is 0.227 e. The first-order valence-electron chi connectivity index (χ1n) is 7.68. The quantitative estimate of drug-likeness (QED) is 0.826. The van der Waals surface area contributed by atoms with E-state index in [1.807, 2.05) is 0 Å². The van der Waals surface area contributed by atoms with Crippen LogP contribution < -0.4 is 19.7 Å². The van der Waals surface area contributed by atoms with Gasteiger partial charge in [-0.25, -0.2) is 0 Å². The number of methoxy groups -OCH3 is 2. The molecule has 0 bridgehead atoms. The molecule has 8 heteroatoms. The molecular weight excluding hydrogens is 326 g/mol. The Kier molecular flexibility index (Phi) is 5.99. The summed E-state index contributed by atoms with van der Waals surface area (Å²) in [6.45, 7) is 3.36. The first-order valence-corrected chi connectivity index (χ1v) is 7.68. The largest absolute Gasteiger partial charge is 0.497 e. The predicted octanol–water partition coefficient (Wildman–Crippen LogP) is 2.38. The van der Waals surface area contributed by atoms with Crippen molar-refractivity contribution in [2.75, 3.05) is 31.0 Å². The second-order valence-electron chi connectivity index (χ2n) is 5.33. The van der Waals surface area contributed by atoms with Gasteiger partial charge in [-0.05, 0) is 19.1 Å². The van der Waals surface area contributed by atoms with Crippen LogP contribution in [0, 0.1) is 6.92 Å². The van der Waals surface area contributed by atoms with E-state index in [1.165, 1.54) is 18.9 Å². The molecule has 1 N–H and O–H groups in total. The molecule has 25 heavy (non-hydrogen) atoms. The van der Waals surface area contributed by atoms with Crippen LogP contribution in [0.15, 0.2) is 28.8 Å². The van der Waals surface area contributed by atoms with E-state index in [4.69, 9.17) is 14.0 Å². The van der Waals surface area contributed by atoms with Crippen LogP contribution in [0.3, 0.4) is 0 Å². The molecule has 1 aromatic carbocycles. The zero-order valence-corrected chi connectivity index (χ0v) is 14.7. The van der Waals surface area contributed by atoms with Crippen LogP contribution >= 0.6 is 0 Å². The average molecular weight is 347 g/mol. The molecule has 0 radical (unpaired) electrons. The number of hydrogen-bond acceptors (Lipinski definition) is 6. The van der Waals surface area contributed by atoms with Crippen LogP contribution in [0.4, 0.5) is 11.5 Å². The van der Waals surface area contributed by atoms with Crippen molar-refractivity contribution in [3.63, 3.8) is 0 Å². The van der Waals surface area contributed by atoms with Gasteiger partial charge in [0.25, 0.3) is 0 Å². The number of aryl methyl sites for hydroxylation is 1. The van der Waals surface area contributed by atoms with E-state index < -0.39 is 0 Å².